The van der Waals surface area contributed by atoms with E-state index in [-0.39, 0.29) is 29.6 Å². The number of fused-ring (bicyclic) bond motifs is 1. The highest BCUT2D eigenvalue weighted by Gasteiger charge is 2.46. The number of carbonyl (C=O) groups is 2. The molecule has 22 heavy (non-hydrogen) atoms. The van der Waals surface area contributed by atoms with E-state index in [0.29, 0.717) is 12.0 Å². The monoisotopic (exact) mass is 302 g/mol. The molecule has 1 aliphatic rings. The van der Waals surface area contributed by atoms with Gasteiger partial charge in [-0.1, -0.05) is 38.1 Å². The van der Waals surface area contributed by atoms with Crippen LogP contribution in [0.25, 0.3) is 5.76 Å². The molecule has 0 aromatic heterocycles. The van der Waals surface area contributed by atoms with Gasteiger partial charge in [0, 0.05) is 5.56 Å². The van der Waals surface area contributed by atoms with Gasteiger partial charge in [-0.3, -0.25) is 4.79 Å². The fraction of sp³-hybridized carbons (Fsp3) is 0.444. The lowest BCUT2D eigenvalue weighted by Gasteiger charge is -2.36. The lowest BCUT2D eigenvalue weighted by atomic mass is 9.66. The second-order valence-electron chi connectivity index (χ2n) is 6.25. The number of ether oxygens (including phenoxy) is 1. The topological polar surface area (TPSA) is 63.6 Å². The number of hydrogen-bond acceptors (Lipinski definition) is 4. The van der Waals surface area contributed by atoms with Gasteiger partial charge in [0.2, 0.25) is 0 Å². The molecular formula is C18H22O4. The molecule has 0 saturated heterocycles. The van der Waals surface area contributed by atoms with Crippen LogP contribution in [0.1, 0.15) is 45.2 Å². The standard InChI is InChI=1S/C18H22O4/c1-5-22-17(21)14-15(19)12-8-6-7-9-13(12)18(4,16(14)20)10-11(2)3/h6-9,11,19H,5,10H2,1-4H3. The zero-order valence-electron chi connectivity index (χ0n) is 13.5. The summed E-state index contributed by atoms with van der Waals surface area (Å²) < 4.78 is 4.96. The van der Waals surface area contributed by atoms with Crippen molar-refractivity contribution in [2.24, 2.45) is 5.92 Å². The molecule has 1 atom stereocenters. The van der Waals surface area contributed by atoms with E-state index in [1.54, 1.807) is 19.1 Å². The van der Waals surface area contributed by atoms with Crippen LogP contribution < -0.4 is 0 Å². The van der Waals surface area contributed by atoms with E-state index in [1.165, 1.54) is 0 Å². The van der Waals surface area contributed by atoms with Crippen molar-refractivity contribution in [3.8, 4) is 0 Å². The van der Waals surface area contributed by atoms with Gasteiger partial charge >= 0.3 is 5.97 Å². The molecule has 1 aliphatic carbocycles. The van der Waals surface area contributed by atoms with Crippen LogP contribution in [0.4, 0.5) is 0 Å². The predicted octanol–water partition coefficient (Wildman–Crippen LogP) is 3.41. The van der Waals surface area contributed by atoms with Crippen molar-refractivity contribution in [2.45, 2.75) is 39.5 Å². The highest BCUT2D eigenvalue weighted by Crippen LogP contribution is 2.43. The molecule has 0 aliphatic heterocycles. The van der Waals surface area contributed by atoms with E-state index in [9.17, 15) is 14.7 Å². The summed E-state index contributed by atoms with van der Waals surface area (Å²) in [6, 6.07) is 7.19. The Hall–Kier alpha value is -2.10. The maximum Gasteiger partial charge on any atom is 0.345 e. The number of ketones is 1. The number of aliphatic hydroxyl groups excluding tert-OH is 1. The van der Waals surface area contributed by atoms with Crippen LogP contribution in [0, 0.1) is 5.92 Å². The highest BCUT2D eigenvalue weighted by molar-refractivity contribution is 6.26. The van der Waals surface area contributed by atoms with Gasteiger partial charge in [0.25, 0.3) is 0 Å². The van der Waals surface area contributed by atoms with Gasteiger partial charge in [-0.05, 0) is 31.7 Å². The zero-order valence-corrected chi connectivity index (χ0v) is 13.5. The van der Waals surface area contributed by atoms with Crippen LogP contribution in [0.3, 0.4) is 0 Å². The van der Waals surface area contributed by atoms with Gasteiger partial charge in [0.15, 0.2) is 5.78 Å². The van der Waals surface area contributed by atoms with E-state index >= 15 is 0 Å². The Labute approximate surface area is 130 Å². The van der Waals surface area contributed by atoms with Crippen molar-refractivity contribution in [2.75, 3.05) is 6.61 Å². The smallest absolute Gasteiger partial charge is 0.345 e. The Kier molecular flexibility index (Phi) is 4.40. The van der Waals surface area contributed by atoms with E-state index < -0.39 is 11.4 Å². The van der Waals surface area contributed by atoms with Crippen LogP contribution in [0.15, 0.2) is 29.8 Å². The van der Waals surface area contributed by atoms with Crippen LogP contribution in [0.2, 0.25) is 0 Å². The third-order valence-electron chi connectivity index (χ3n) is 4.04. The molecule has 0 amide bonds. The number of rotatable bonds is 4. The van der Waals surface area contributed by atoms with Gasteiger partial charge in [0.05, 0.1) is 12.0 Å². The van der Waals surface area contributed by atoms with Gasteiger partial charge in [0.1, 0.15) is 11.3 Å². The van der Waals surface area contributed by atoms with Crippen molar-refractivity contribution < 1.29 is 19.4 Å². The van der Waals surface area contributed by atoms with E-state index in [0.717, 1.165) is 5.56 Å². The minimum Gasteiger partial charge on any atom is -0.506 e. The van der Waals surface area contributed by atoms with Gasteiger partial charge in [-0.2, -0.15) is 0 Å². The molecule has 1 aromatic carbocycles. The molecule has 0 radical (unpaired) electrons. The van der Waals surface area contributed by atoms with Crippen molar-refractivity contribution in [1.82, 2.24) is 0 Å². The molecule has 0 fully saturated rings. The largest absolute Gasteiger partial charge is 0.506 e. The lowest BCUT2D eigenvalue weighted by molar-refractivity contribution is -0.140. The normalized spacial score (nSPS) is 21.0. The molecule has 0 spiro atoms. The molecule has 1 unspecified atom stereocenters. The summed E-state index contributed by atoms with van der Waals surface area (Å²) in [6.07, 6.45) is 0.596. The molecule has 0 heterocycles. The fourth-order valence-corrected chi connectivity index (χ4v) is 3.22. The minimum absolute atomic E-state index is 0.158. The number of aliphatic hydroxyl groups is 1. The summed E-state index contributed by atoms with van der Waals surface area (Å²) in [4.78, 5) is 25.1. The average Bonchev–Trinajstić information content (AvgIpc) is 2.45. The first-order valence-corrected chi connectivity index (χ1v) is 7.58. The van der Waals surface area contributed by atoms with Crippen molar-refractivity contribution in [3.63, 3.8) is 0 Å². The van der Waals surface area contributed by atoms with Gasteiger partial charge < -0.3 is 9.84 Å². The summed E-state index contributed by atoms with van der Waals surface area (Å²) in [5.41, 5.74) is 0.232. The summed E-state index contributed by atoms with van der Waals surface area (Å²) in [5.74, 6) is -1.13. The molecule has 4 heteroatoms. The molecular weight excluding hydrogens is 280 g/mol. The third-order valence-corrected chi connectivity index (χ3v) is 4.04. The highest BCUT2D eigenvalue weighted by atomic mass is 16.5. The number of hydrogen-bond donors (Lipinski definition) is 1. The summed E-state index contributed by atoms with van der Waals surface area (Å²) in [6.45, 7) is 7.72. The lowest BCUT2D eigenvalue weighted by Crippen LogP contribution is -2.41. The number of carbonyl (C=O) groups excluding carboxylic acids is 2. The van der Waals surface area contributed by atoms with Gasteiger partial charge in [-0.15, -0.1) is 0 Å². The van der Waals surface area contributed by atoms with Crippen molar-refractivity contribution in [3.05, 3.63) is 41.0 Å². The fourth-order valence-electron chi connectivity index (χ4n) is 3.22. The molecule has 2 rings (SSSR count). The Balaban J connectivity index is 2.67. The Morgan fingerprint density at radius 1 is 1.32 bits per heavy atom. The predicted molar refractivity (Wildman–Crippen MR) is 84.4 cm³/mol. The Morgan fingerprint density at radius 3 is 2.55 bits per heavy atom. The van der Waals surface area contributed by atoms with E-state index in [1.807, 2.05) is 32.9 Å². The SMILES string of the molecule is CCOC(=O)C1=C(O)c2ccccc2C(C)(CC(C)C)C1=O. The average molecular weight is 302 g/mol. The minimum atomic E-state index is -0.834. The van der Waals surface area contributed by atoms with Crippen LogP contribution in [-0.2, 0) is 19.7 Å². The van der Waals surface area contributed by atoms with Crippen LogP contribution >= 0.6 is 0 Å². The molecule has 118 valence electrons. The molecule has 0 saturated carbocycles. The zero-order chi connectivity index (χ0) is 16.5. The summed E-state index contributed by atoms with van der Waals surface area (Å²) >= 11 is 0. The van der Waals surface area contributed by atoms with E-state index in [4.69, 9.17) is 4.74 Å². The van der Waals surface area contributed by atoms with E-state index in [2.05, 4.69) is 0 Å². The van der Waals surface area contributed by atoms with Crippen LogP contribution in [0.5, 0.6) is 0 Å². The summed E-state index contributed by atoms with van der Waals surface area (Å²) in [5, 5.41) is 10.4. The Morgan fingerprint density at radius 2 is 1.95 bits per heavy atom. The second kappa shape index (κ2) is 5.95. The molecule has 4 nitrogen and oxygen atoms in total. The number of Topliss-reactive ketones (excluding diaryl/α,β-unsaturated/α-hetero) is 1. The van der Waals surface area contributed by atoms with Crippen LogP contribution in [-0.4, -0.2) is 23.5 Å². The maximum absolute atomic E-state index is 13.0. The molecule has 0 bridgehead atoms. The van der Waals surface area contributed by atoms with Crippen molar-refractivity contribution >= 4 is 17.5 Å². The third kappa shape index (κ3) is 2.54. The van der Waals surface area contributed by atoms with Gasteiger partial charge in [-0.25, -0.2) is 4.79 Å². The molecule has 1 N–H and O–H groups in total. The maximum atomic E-state index is 13.0. The first-order valence-electron chi connectivity index (χ1n) is 7.58. The summed E-state index contributed by atoms with van der Waals surface area (Å²) in [7, 11) is 0. The first-order chi connectivity index (χ1) is 10.3. The molecule has 1 aromatic rings. The van der Waals surface area contributed by atoms with Crippen molar-refractivity contribution in [1.29, 1.82) is 0 Å². The number of esters is 1. The second-order valence-corrected chi connectivity index (χ2v) is 6.25. The Bertz CT molecular complexity index is 642. The quantitative estimate of drug-likeness (QED) is 0.684. The first kappa shape index (κ1) is 16.3. The number of benzene rings is 1.